The van der Waals surface area contributed by atoms with E-state index in [0.29, 0.717) is 22.0 Å². The van der Waals surface area contributed by atoms with Crippen molar-refractivity contribution >= 4 is 45.2 Å². The minimum absolute atomic E-state index is 0.0219. The van der Waals surface area contributed by atoms with E-state index >= 15 is 0 Å². The lowest BCUT2D eigenvalue weighted by atomic mass is 10.1. The maximum absolute atomic E-state index is 12.4. The van der Waals surface area contributed by atoms with Crippen molar-refractivity contribution in [2.45, 2.75) is 6.92 Å². The number of halogens is 2. The predicted molar refractivity (Wildman–Crippen MR) is 99.1 cm³/mol. The lowest BCUT2D eigenvalue weighted by Gasteiger charge is -2.10. The number of hydrogen-bond acceptors (Lipinski definition) is 3. The number of nitrogens with zero attached hydrogens (tertiary/aromatic N) is 1. The van der Waals surface area contributed by atoms with Crippen molar-refractivity contribution in [3.63, 3.8) is 0 Å². The number of hydrogen-bond donors (Lipinski definition) is 1. The van der Waals surface area contributed by atoms with Gasteiger partial charge in [-0.25, -0.2) is 0 Å². The van der Waals surface area contributed by atoms with Gasteiger partial charge in [0.05, 0.1) is 22.3 Å². The van der Waals surface area contributed by atoms with Gasteiger partial charge < -0.3 is 10.1 Å². The second-order valence-corrected chi connectivity index (χ2v) is 6.21. The van der Waals surface area contributed by atoms with E-state index in [9.17, 15) is 10.1 Å². The molecule has 0 atom stereocenters. The molecule has 1 amide bonds. The number of ether oxygens (including phenoxy) is 1. The Morgan fingerprint density at radius 3 is 2.71 bits per heavy atom. The fourth-order valence-electron chi connectivity index (χ4n) is 2.06. The first-order valence-electron chi connectivity index (χ1n) is 6.98. The lowest BCUT2D eigenvalue weighted by Crippen LogP contribution is -2.14. The normalized spacial score (nSPS) is 10.9. The molecule has 0 saturated carbocycles. The molecule has 4 nitrogen and oxygen atoms in total. The molecule has 0 unspecified atom stereocenters. The van der Waals surface area contributed by atoms with Gasteiger partial charge >= 0.3 is 0 Å². The minimum atomic E-state index is -0.513. The van der Waals surface area contributed by atoms with Gasteiger partial charge in [-0.1, -0.05) is 29.8 Å². The number of nitrogens with one attached hydrogen (secondary N) is 1. The summed E-state index contributed by atoms with van der Waals surface area (Å²) in [5.74, 6) is 0.155. The van der Waals surface area contributed by atoms with Crippen LogP contribution in [0.4, 0.5) is 5.69 Å². The summed E-state index contributed by atoms with van der Waals surface area (Å²) >= 11 is 9.47. The lowest BCUT2D eigenvalue weighted by molar-refractivity contribution is -0.112. The van der Waals surface area contributed by atoms with Crippen LogP contribution in [0.3, 0.4) is 0 Å². The Balaban J connectivity index is 2.29. The van der Waals surface area contributed by atoms with Gasteiger partial charge in [-0.05, 0) is 58.3 Å². The summed E-state index contributed by atoms with van der Waals surface area (Å²) in [6.07, 6.45) is 1.51. The first-order chi connectivity index (χ1) is 11.5. The van der Waals surface area contributed by atoms with Crippen LogP contribution in [0.1, 0.15) is 11.1 Å². The molecule has 1 N–H and O–H groups in total. The van der Waals surface area contributed by atoms with Crippen molar-refractivity contribution in [3.05, 3.63) is 62.6 Å². The number of amides is 1. The van der Waals surface area contributed by atoms with Crippen molar-refractivity contribution < 1.29 is 9.53 Å². The molecular weight excluding hydrogens is 392 g/mol. The SMILES string of the molecule is COc1ccc(/C=C(\C#N)C(=O)Nc2c(C)cccc2Cl)cc1Br. The van der Waals surface area contributed by atoms with Gasteiger partial charge in [-0.3, -0.25) is 4.79 Å². The Kier molecular flexibility index (Phi) is 6.02. The second-order valence-electron chi connectivity index (χ2n) is 4.95. The third-order valence-electron chi connectivity index (χ3n) is 3.31. The molecule has 0 saturated heterocycles. The number of nitriles is 1. The molecule has 24 heavy (non-hydrogen) atoms. The van der Waals surface area contributed by atoms with E-state index in [2.05, 4.69) is 21.2 Å². The van der Waals surface area contributed by atoms with Crippen LogP contribution in [0.2, 0.25) is 5.02 Å². The number of aryl methyl sites for hydroxylation is 1. The highest BCUT2D eigenvalue weighted by Crippen LogP contribution is 2.28. The molecule has 2 rings (SSSR count). The first kappa shape index (κ1) is 18.1. The Morgan fingerprint density at radius 2 is 2.12 bits per heavy atom. The van der Waals surface area contributed by atoms with E-state index in [4.69, 9.17) is 16.3 Å². The highest BCUT2D eigenvalue weighted by atomic mass is 79.9. The molecule has 0 heterocycles. The number of rotatable bonds is 4. The molecule has 0 spiro atoms. The number of methoxy groups -OCH3 is 1. The average Bonchev–Trinajstić information content (AvgIpc) is 2.56. The molecule has 0 bridgehead atoms. The van der Waals surface area contributed by atoms with Gasteiger partial charge in [0.25, 0.3) is 5.91 Å². The van der Waals surface area contributed by atoms with E-state index in [1.54, 1.807) is 37.4 Å². The van der Waals surface area contributed by atoms with E-state index in [1.165, 1.54) is 6.08 Å². The molecule has 2 aromatic rings. The van der Waals surface area contributed by atoms with Gasteiger partial charge in [-0.2, -0.15) is 5.26 Å². The van der Waals surface area contributed by atoms with Crippen molar-refractivity contribution in [3.8, 4) is 11.8 Å². The highest BCUT2D eigenvalue weighted by Gasteiger charge is 2.13. The van der Waals surface area contributed by atoms with E-state index in [0.717, 1.165) is 10.0 Å². The van der Waals surface area contributed by atoms with Crippen LogP contribution < -0.4 is 10.1 Å². The molecule has 0 aliphatic heterocycles. The third-order valence-corrected chi connectivity index (χ3v) is 4.25. The fraction of sp³-hybridized carbons (Fsp3) is 0.111. The Labute approximate surface area is 153 Å². The van der Waals surface area contributed by atoms with Crippen molar-refractivity contribution in [1.82, 2.24) is 0 Å². The molecule has 0 radical (unpaired) electrons. The van der Waals surface area contributed by atoms with Gasteiger partial charge in [0.1, 0.15) is 17.4 Å². The molecule has 6 heteroatoms. The molecule has 0 aromatic heterocycles. The zero-order chi connectivity index (χ0) is 17.7. The van der Waals surface area contributed by atoms with Gasteiger partial charge in [0, 0.05) is 0 Å². The first-order valence-corrected chi connectivity index (χ1v) is 8.15. The zero-order valence-corrected chi connectivity index (χ0v) is 15.4. The second kappa shape index (κ2) is 8.00. The standard InChI is InChI=1S/C18H14BrClN2O2/c1-11-4-3-5-15(20)17(11)22-18(23)13(10-21)8-12-6-7-16(24-2)14(19)9-12/h3-9H,1-2H3,(H,22,23)/b13-8+. The highest BCUT2D eigenvalue weighted by molar-refractivity contribution is 9.10. The van der Waals surface area contributed by atoms with E-state index in [1.807, 2.05) is 19.1 Å². The minimum Gasteiger partial charge on any atom is -0.496 e. The smallest absolute Gasteiger partial charge is 0.266 e. The summed E-state index contributed by atoms with van der Waals surface area (Å²) in [6.45, 7) is 1.83. The summed E-state index contributed by atoms with van der Waals surface area (Å²) in [5.41, 5.74) is 2.00. The number of carbonyl (C=O) groups is 1. The predicted octanol–water partition coefficient (Wildman–Crippen LogP) is 4.97. The van der Waals surface area contributed by atoms with Crippen LogP contribution in [0, 0.1) is 18.3 Å². The molecule has 122 valence electrons. The molecule has 0 aliphatic rings. The zero-order valence-electron chi connectivity index (χ0n) is 13.1. The maximum atomic E-state index is 12.4. The van der Waals surface area contributed by atoms with E-state index < -0.39 is 5.91 Å². The molecule has 2 aromatic carbocycles. The summed E-state index contributed by atoms with van der Waals surface area (Å²) in [5, 5.41) is 12.4. The van der Waals surface area contributed by atoms with Gasteiger partial charge in [-0.15, -0.1) is 0 Å². The van der Waals surface area contributed by atoms with Crippen molar-refractivity contribution in [2.24, 2.45) is 0 Å². The van der Waals surface area contributed by atoms with Crippen LogP contribution in [-0.2, 0) is 4.79 Å². The van der Waals surface area contributed by atoms with Crippen LogP contribution in [0.15, 0.2) is 46.4 Å². The molecule has 0 aliphatic carbocycles. The van der Waals surface area contributed by atoms with Crippen molar-refractivity contribution in [2.75, 3.05) is 12.4 Å². The number of benzene rings is 2. The third kappa shape index (κ3) is 4.16. The fourth-order valence-corrected chi connectivity index (χ4v) is 2.89. The Morgan fingerprint density at radius 1 is 1.38 bits per heavy atom. The number of anilines is 1. The van der Waals surface area contributed by atoms with Crippen molar-refractivity contribution in [1.29, 1.82) is 5.26 Å². The quantitative estimate of drug-likeness (QED) is 0.577. The molecule has 0 fully saturated rings. The van der Waals surface area contributed by atoms with Crippen LogP contribution in [0.5, 0.6) is 5.75 Å². The summed E-state index contributed by atoms with van der Waals surface area (Å²) in [7, 11) is 1.57. The largest absolute Gasteiger partial charge is 0.496 e. The monoisotopic (exact) mass is 404 g/mol. The van der Waals surface area contributed by atoms with Crippen LogP contribution in [0.25, 0.3) is 6.08 Å². The average molecular weight is 406 g/mol. The Hall–Kier alpha value is -2.29. The van der Waals surface area contributed by atoms with E-state index in [-0.39, 0.29) is 5.57 Å². The van der Waals surface area contributed by atoms with Crippen LogP contribution in [-0.4, -0.2) is 13.0 Å². The topological polar surface area (TPSA) is 62.1 Å². The van der Waals surface area contributed by atoms with Gasteiger partial charge in [0.2, 0.25) is 0 Å². The summed E-state index contributed by atoms with van der Waals surface area (Å²) in [6, 6.07) is 12.5. The maximum Gasteiger partial charge on any atom is 0.266 e. The number of carbonyl (C=O) groups excluding carboxylic acids is 1. The Bertz CT molecular complexity index is 836. The molecular formula is C18H14BrClN2O2. The summed E-state index contributed by atoms with van der Waals surface area (Å²) in [4.78, 5) is 12.4. The van der Waals surface area contributed by atoms with Crippen LogP contribution >= 0.6 is 27.5 Å². The summed E-state index contributed by atoms with van der Waals surface area (Å²) < 4.78 is 5.89. The number of para-hydroxylation sites is 1. The van der Waals surface area contributed by atoms with Gasteiger partial charge in [0.15, 0.2) is 0 Å².